The lowest BCUT2D eigenvalue weighted by atomic mass is 9.80. The molecule has 0 aromatic rings. The average Bonchev–Trinajstić information content (AvgIpc) is 2.41. The number of nitrogens with zero attached hydrogens (tertiary/aromatic N) is 2. The second-order valence-corrected chi connectivity index (χ2v) is 6.82. The van der Waals surface area contributed by atoms with Gasteiger partial charge in [-0.1, -0.05) is 6.92 Å². The first kappa shape index (κ1) is 15.1. The van der Waals surface area contributed by atoms with E-state index in [0.717, 1.165) is 13.0 Å². The minimum Gasteiger partial charge on any atom is -0.481 e. The number of likely N-dealkylation sites (tertiary alicyclic amines) is 2. The molecular weight excluding hydrogens is 256 g/mol. The zero-order valence-electron chi connectivity index (χ0n) is 12.8. The molecule has 0 spiro atoms. The van der Waals surface area contributed by atoms with Crippen LogP contribution in [-0.2, 0) is 4.79 Å². The summed E-state index contributed by atoms with van der Waals surface area (Å²) in [5, 5.41) is 9.23. The molecule has 114 valence electrons. The van der Waals surface area contributed by atoms with E-state index in [1.807, 2.05) is 9.80 Å². The molecule has 0 aromatic carbocycles. The molecule has 2 fully saturated rings. The number of carbonyl (C=O) groups excluding carboxylic acids is 1. The summed E-state index contributed by atoms with van der Waals surface area (Å²) in [6, 6.07) is 0.392. The van der Waals surface area contributed by atoms with Crippen LogP contribution >= 0.6 is 0 Å². The maximum Gasteiger partial charge on any atom is 0.320 e. The highest BCUT2D eigenvalue weighted by atomic mass is 16.4. The molecule has 2 aliphatic rings. The van der Waals surface area contributed by atoms with Gasteiger partial charge >= 0.3 is 12.0 Å². The van der Waals surface area contributed by atoms with Crippen LogP contribution in [0.25, 0.3) is 0 Å². The monoisotopic (exact) mass is 282 g/mol. The molecule has 2 aliphatic heterocycles. The Kier molecular flexibility index (Phi) is 4.25. The molecule has 5 nitrogen and oxygen atoms in total. The van der Waals surface area contributed by atoms with E-state index >= 15 is 0 Å². The summed E-state index contributed by atoms with van der Waals surface area (Å²) in [6.07, 6.45) is 3.34. The Balaban J connectivity index is 1.96. The fourth-order valence-corrected chi connectivity index (χ4v) is 3.14. The summed E-state index contributed by atoms with van der Waals surface area (Å²) in [4.78, 5) is 27.6. The fourth-order valence-electron chi connectivity index (χ4n) is 3.14. The van der Waals surface area contributed by atoms with Crippen LogP contribution in [0.4, 0.5) is 4.79 Å². The first-order valence-corrected chi connectivity index (χ1v) is 7.62. The standard InChI is InChI=1S/C15H26N2O3/c1-11-4-5-12(2)17(10-11)14(20)16-8-6-15(3,7-9-16)13(18)19/h11-12H,4-10H2,1-3H3,(H,18,19). The van der Waals surface area contributed by atoms with Crippen molar-refractivity contribution in [3.63, 3.8) is 0 Å². The number of amides is 2. The van der Waals surface area contributed by atoms with Gasteiger partial charge in [-0.05, 0) is 45.4 Å². The van der Waals surface area contributed by atoms with Gasteiger partial charge in [0, 0.05) is 25.7 Å². The van der Waals surface area contributed by atoms with Crippen molar-refractivity contribution in [2.24, 2.45) is 11.3 Å². The van der Waals surface area contributed by atoms with Crippen LogP contribution in [0, 0.1) is 11.3 Å². The highest BCUT2D eigenvalue weighted by Crippen LogP contribution is 2.32. The SMILES string of the molecule is CC1CCC(C)N(C(=O)N2CCC(C)(C(=O)O)CC2)C1. The molecule has 0 bridgehead atoms. The number of urea groups is 1. The number of rotatable bonds is 1. The predicted octanol–water partition coefficient (Wildman–Crippen LogP) is 2.41. The summed E-state index contributed by atoms with van der Waals surface area (Å²) in [7, 11) is 0. The van der Waals surface area contributed by atoms with Crippen molar-refractivity contribution < 1.29 is 14.7 Å². The van der Waals surface area contributed by atoms with Gasteiger partial charge < -0.3 is 14.9 Å². The molecule has 2 heterocycles. The Bertz CT molecular complexity index is 389. The van der Waals surface area contributed by atoms with Gasteiger partial charge in [0.1, 0.15) is 0 Å². The molecule has 2 unspecified atom stereocenters. The molecule has 20 heavy (non-hydrogen) atoms. The molecule has 2 atom stereocenters. The molecule has 0 aliphatic carbocycles. The number of piperidine rings is 2. The Morgan fingerprint density at radius 1 is 1.15 bits per heavy atom. The zero-order chi connectivity index (χ0) is 14.9. The van der Waals surface area contributed by atoms with E-state index in [0.29, 0.717) is 37.9 Å². The zero-order valence-corrected chi connectivity index (χ0v) is 12.8. The average molecular weight is 282 g/mol. The second-order valence-electron chi connectivity index (χ2n) is 6.82. The maximum absolute atomic E-state index is 12.6. The Labute approximate surface area is 120 Å². The lowest BCUT2D eigenvalue weighted by Crippen LogP contribution is -2.54. The third-order valence-electron chi connectivity index (χ3n) is 5.02. The molecule has 2 saturated heterocycles. The van der Waals surface area contributed by atoms with Crippen molar-refractivity contribution in [2.45, 2.75) is 52.5 Å². The van der Waals surface area contributed by atoms with Gasteiger partial charge in [-0.2, -0.15) is 0 Å². The normalized spacial score (nSPS) is 30.1. The van der Waals surface area contributed by atoms with E-state index < -0.39 is 11.4 Å². The largest absolute Gasteiger partial charge is 0.481 e. The third-order valence-corrected chi connectivity index (χ3v) is 5.02. The van der Waals surface area contributed by atoms with Crippen LogP contribution in [0.3, 0.4) is 0 Å². The van der Waals surface area contributed by atoms with Gasteiger partial charge in [0.05, 0.1) is 5.41 Å². The van der Waals surface area contributed by atoms with Gasteiger partial charge in [-0.15, -0.1) is 0 Å². The highest BCUT2D eigenvalue weighted by Gasteiger charge is 2.39. The van der Waals surface area contributed by atoms with E-state index in [4.69, 9.17) is 0 Å². The van der Waals surface area contributed by atoms with Crippen molar-refractivity contribution >= 4 is 12.0 Å². The summed E-state index contributed by atoms with van der Waals surface area (Å²) in [5.74, 6) is -0.186. The minimum absolute atomic E-state index is 0.0940. The highest BCUT2D eigenvalue weighted by molar-refractivity contribution is 5.77. The van der Waals surface area contributed by atoms with E-state index in [1.54, 1.807) is 6.92 Å². The van der Waals surface area contributed by atoms with Gasteiger partial charge in [0.15, 0.2) is 0 Å². The summed E-state index contributed by atoms with van der Waals surface area (Å²) >= 11 is 0. The molecule has 2 amide bonds. The van der Waals surface area contributed by atoms with E-state index in [-0.39, 0.29) is 6.03 Å². The maximum atomic E-state index is 12.6. The summed E-state index contributed by atoms with van der Waals surface area (Å²) in [5.41, 5.74) is -0.669. The van der Waals surface area contributed by atoms with Crippen LogP contribution in [0.1, 0.15) is 46.5 Å². The molecule has 1 N–H and O–H groups in total. The third kappa shape index (κ3) is 2.91. The Morgan fingerprint density at radius 2 is 1.75 bits per heavy atom. The molecule has 5 heteroatoms. The van der Waals surface area contributed by atoms with Crippen LogP contribution in [0.15, 0.2) is 0 Å². The summed E-state index contributed by atoms with van der Waals surface area (Å²) < 4.78 is 0. The number of hydrogen-bond acceptors (Lipinski definition) is 2. The van der Waals surface area contributed by atoms with Gasteiger partial charge in [-0.25, -0.2) is 4.79 Å². The van der Waals surface area contributed by atoms with Crippen LogP contribution in [0.2, 0.25) is 0 Å². The number of hydrogen-bond donors (Lipinski definition) is 1. The molecule has 0 radical (unpaired) electrons. The lowest BCUT2D eigenvalue weighted by Gasteiger charge is -2.43. The van der Waals surface area contributed by atoms with Crippen LogP contribution < -0.4 is 0 Å². The topological polar surface area (TPSA) is 60.9 Å². The van der Waals surface area contributed by atoms with Crippen LogP contribution in [-0.4, -0.2) is 52.6 Å². The lowest BCUT2D eigenvalue weighted by molar-refractivity contribution is -0.150. The summed E-state index contributed by atoms with van der Waals surface area (Å²) in [6.45, 7) is 8.01. The van der Waals surface area contributed by atoms with Gasteiger partial charge in [-0.3, -0.25) is 4.79 Å². The quantitative estimate of drug-likeness (QED) is 0.803. The Morgan fingerprint density at radius 3 is 2.30 bits per heavy atom. The smallest absolute Gasteiger partial charge is 0.320 e. The number of carboxylic acid groups (broad SMARTS) is 1. The van der Waals surface area contributed by atoms with Crippen molar-refractivity contribution in [3.8, 4) is 0 Å². The first-order valence-electron chi connectivity index (χ1n) is 7.62. The number of aliphatic carboxylic acids is 1. The van der Waals surface area contributed by atoms with Crippen molar-refractivity contribution in [2.75, 3.05) is 19.6 Å². The molecule has 0 saturated carbocycles. The van der Waals surface area contributed by atoms with Crippen molar-refractivity contribution in [1.82, 2.24) is 9.80 Å². The van der Waals surface area contributed by atoms with Crippen molar-refractivity contribution in [1.29, 1.82) is 0 Å². The van der Waals surface area contributed by atoms with E-state index in [9.17, 15) is 14.7 Å². The molecular formula is C15H26N2O3. The van der Waals surface area contributed by atoms with Gasteiger partial charge in [0.2, 0.25) is 0 Å². The number of carboxylic acids is 1. The van der Waals surface area contributed by atoms with E-state index in [2.05, 4.69) is 13.8 Å². The fraction of sp³-hybridized carbons (Fsp3) is 0.867. The predicted molar refractivity (Wildman–Crippen MR) is 76.5 cm³/mol. The first-order chi connectivity index (χ1) is 9.33. The van der Waals surface area contributed by atoms with E-state index in [1.165, 1.54) is 6.42 Å². The molecule has 0 aromatic heterocycles. The number of carbonyl (C=O) groups is 2. The minimum atomic E-state index is -0.746. The second kappa shape index (κ2) is 5.62. The van der Waals surface area contributed by atoms with Gasteiger partial charge in [0.25, 0.3) is 0 Å². The van der Waals surface area contributed by atoms with Crippen molar-refractivity contribution in [3.05, 3.63) is 0 Å². The molecule has 2 rings (SSSR count). The van der Waals surface area contributed by atoms with Crippen LogP contribution in [0.5, 0.6) is 0 Å². The Hall–Kier alpha value is -1.26.